The molecule has 0 unspecified atom stereocenters. The highest BCUT2D eigenvalue weighted by Gasteiger charge is 2.31. The van der Waals surface area contributed by atoms with E-state index in [1.165, 1.54) is 24.3 Å². The minimum Gasteiger partial charge on any atom is -0.478 e. The van der Waals surface area contributed by atoms with E-state index in [1.54, 1.807) is 0 Å². The van der Waals surface area contributed by atoms with Crippen molar-refractivity contribution >= 4 is 48.8 Å². The molecule has 13 nitrogen and oxygen atoms in total. The number of hydrogen-bond donors (Lipinski definition) is 6. The van der Waals surface area contributed by atoms with Crippen LogP contribution in [0.5, 0.6) is 0 Å². The maximum absolute atomic E-state index is 12.7. The molecule has 2 aromatic rings. The molecule has 0 fully saturated rings. The van der Waals surface area contributed by atoms with Gasteiger partial charge in [0.2, 0.25) is 0 Å². The summed E-state index contributed by atoms with van der Waals surface area (Å²) in [5, 5.41) is 20.0. The lowest BCUT2D eigenvalue weighted by molar-refractivity contribution is 0.0697. The van der Waals surface area contributed by atoms with Crippen LogP contribution in [0.2, 0.25) is 0 Å². The van der Waals surface area contributed by atoms with Crippen molar-refractivity contribution in [3.05, 3.63) is 58.9 Å². The standard InChI is InChI=1S/C26H25N3O10S2/c1-12(2)9-10-29-25(30)13-3-4-14(17(11-13)26(31)32)20-15-5-7-18(27)23(40(33,34)35)21(15)39-22-16(20)6-8-19(28)24(22)41(36,37)38/h3-8,11-12,27H,9-10,28H2,1-2H3,(H,29,30)(H,31,32)(H,33,34,35)(H,36,37,38). The van der Waals surface area contributed by atoms with Gasteiger partial charge in [-0.1, -0.05) is 19.9 Å². The van der Waals surface area contributed by atoms with Gasteiger partial charge in [0, 0.05) is 28.6 Å². The summed E-state index contributed by atoms with van der Waals surface area (Å²) in [6, 6.07) is 8.36. The van der Waals surface area contributed by atoms with Gasteiger partial charge in [0.1, 0.15) is 0 Å². The van der Waals surface area contributed by atoms with Crippen molar-refractivity contribution in [3.63, 3.8) is 0 Å². The molecule has 7 N–H and O–H groups in total. The summed E-state index contributed by atoms with van der Waals surface area (Å²) in [5.74, 6) is -2.39. The molecule has 0 atom stereocenters. The third kappa shape index (κ3) is 5.65. The molecule has 0 aromatic heterocycles. The largest absolute Gasteiger partial charge is 0.478 e. The first-order valence-electron chi connectivity index (χ1n) is 12.0. The van der Waals surface area contributed by atoms with E-state index in [0.717, 1.165) is 18.2 Å². The normalized spacial score (nSPS) is 12.2. The van der Waals surface area contributed by atoms with Crippen molar-refractivity contribution < 1.29 is 45.1 Å². The zero-order valence-electron chi connectivity index (χ0n) is 21.6. The van der Waals surface area contributed by atoms with Gasteiger partial charge < -0.3 is 20.6 Å². The lowest BCUT2D eigenvalue weighted by Crippen LogP contribution is -2.25. The van der Waals surface area contributed by atoms with Gasteiger partial charge in [-0.3, -0.25) is 19.3 Å². The van der Waals surface area contributed by atoms with Crippen LogP contribution in [0.25, 0.3) is 33.4 Å². The maximum Gasteiger partial charge on any atom is 0.336 e. The fraction of sp³-hybridized carbons (Fsp3) is 0.192. The molecule has 0 radical (unpaired) electrons. The molecule has 2 aliphatic rings. The quantitative estimate of drug-likeness (QED) is 0.0970. The van der Waals surface area contributed by atoms with Crippen LogP contribution in [0.15, 0.2) is 56.7 Å². The molecule has 0 saturated heterocycles. The van der Waals surface area contributed by atoms with Crippen LogP contribution >= 0.6 is 0 Å². The Balaban J connectivity index is 2.14. The third-order valence-corrected chi connectivity index (χ3v) is 8.16. The average molecular weight is 604 g/mol. The number of amides is 1. The minimum absolute atomic E-state index is 0.0130. The van der Waals surface area contributed by atoms with Crippen LogP contribution in [-0.4, -0.2) is 49.5 Å². The van der Waals surface area contributed by atoms with Gasteiger partial charge in [-0.25, -0.2) is 4.79 Å². The van der Waals surface area contributed by atoms with Gasteiger partial charge in [0.15, 0.2) is 21.1 Å². The van der Waals surface area contributed by atoms with E-state index < -0.39 is 69.9 Å². The second-order valence-corrected chi connectivity index (χ2v) is 12.3. The van der Waals surface area contributed by atoms with Crippen LogP contribution in [0.4, 0.5) is 5.69 Å². The topological polar surface area (TPSA) is 238 Å². The van der Waals surface area contributed by atoms with E-state index in [2.05, 4.69) is 5.32 Å². The summed E-state index contributed by atoms with van der Waals surface area (Å²) in [4.78, 5) is 23.2. The molecule has 1 aliphatic carbocycles. The smallest absolute Gasteiger partial charge is 0.336 e. The number of carboxylic acids is 1. The Hall–Kier alpha value is -4.31. The predicted octanol–water partition coefficient (Wildman–Crippen LogP) is 3.23. The Morgan fingerprint density at radius 1 is 0.976 bits per heavy atom. The van der Waals surface area contributed by atoms with E-state index in [-0.39, 0.29) is 27.6 Å². The summed E-state index contributed by atoms with van der Waals surface area (Å²) in [6.07, 6.45) is 0.689. The molecule has 0 bridgehead atoms. The highest BCUT2D eigenvalue weighted by molar-refractivity contribution is 7.86. The summed E-state index contributed by atoms with van der Waals surface area (Å²) in [6.45, 7) is 4.30. The first kappa shape index (κ1) is 29.7. The Labute approximate surface area is 234 Å². The highest BCUT2D eigenvalue weighted by Crippen LogP contribution is 2.45. The Morgan fingerprint density at radius 3 is 2.20 bits per heavy atom. The lowest BCUT2D eigenvalue weighted by atomic mass is 9.89. The molecule has 216 valence electrons. The van der Waals surface area contributed by atoms with Crippen molar-refractivity contribution in [1.82, 2.24) is 5.32 Å². The molecule has 0 spiro atoms. The van der Waals surface area contributed by atoms with E-state index in [0.29, 0.717) is 18.9 Å². The monoisotopic (exact) mass is 603 g/mol. The molecule has 41 heavy (non-hydrogen) atoms. The van der Waals surface area contributed by atoms with Gasteiger partial charge in [-0.05, 0) is 54.3 Å². The molecule has 4 rings (SSSR count). The summed E-state index contributed by atoms with van der Waals surface area (Å²) in [7, 11) is -10.2. The summed E-state index contributed by atoms with van der Waals surface area (Å²) in [5.41, 5.74) is 3.98. The minimum atomic E-state index is -5.14. The molecule has 15 heteroatoms. The second-order valence-electron chi connectivity index (χ2n) is 9.61. The highest BCUT2D eigenvalue weighted by atomic mass is 32.2. The van der Waals surface area contributed by atoms with Crippen molar-refractivity contribution in [3.8, 4) is 22.5 Å². The number of rotatable bonds is 8. The fourth-order valence-electron chi connectivity index (χ4n) is 4.45. The van der Waals surface area contributed by atoms with E-state index >= 15 is 0 Å². The number of anilines is 1. The fourth-order valence-corrected chi connectivity index (χ4v) is 5.94. The number of carboxylic acid groups (broad SMARTS) is 1. The zero-order valence-corrected chi connectivity index (χ0v) is 23.3. The van der Waals surface area contributed by atoms with Crippen LogP contribution in [-0.2, 0) is 20.2 Å². The number of nitrogens with one attached hydrogen (secondary N) is 2. The van der Waals surface area contributed by atoms with Gasteiger partial charge in [0.25, 0.3) is 26.1 Å². The third-order valence-electron chi connectivity index (χ3n) is 6.30. The lowest BCUT2D eigenvalue weighted by Gasteiger charge is -2.20. The van der Waals surface area contributed by atoms with E-state index in [9.17, 15) is 40.6 Å². The number of benzene rings is 3. The molecule has 1 heterocycles. The SMILES string of the molecule is CC(C)CCNC(=O)c1ccc(-c2c3ccc(=N)c(S(=O)(=O)O)c-3oc3c(S(=O)(=O)O)c(N)ccc23)c(C(=O)O)c1. The van der Waals surface area contributed by atoms with Gasteiger partial charge in [0.05, 0.1) is 16.6 Å². The Morgan fingerprint density at radius 2 is 1.61 bits per heavy atom. The predicted molar refractivity (Wildman–Crippen MR) is 147 cm³/mol. The van der Waals surface area contributed by atoms with Gasteiger partial charge in [-0.15, -0.1) is 0 Å². The Bertz CT molecular complexity index is 1980. The van der Waals surface area contributed by atoms with Gasteiger partial charge >= 0.3 is 5.97 Å². The van der Waals surface area contributed by atoms with Crippen molar-refractivity contribution in [2.45, 2.75) is 30.1 Å². The second kappa shape index (κ2) is 10.6. The average Bonchev–Trinajstić information content (AvgIpc) is 2.84. The number of hydrogen-bond acceptors (Lipinski definition) is 9. The van der Waals surface area contributed by atoms with E-state index in [4.69, 9.17) is 15.6 Å². The molecule has 1 amide bonds. The van der Waals surface area contributed by atoms with Crippen LogP contribution in [0, 0.1) is 11.3 Å². The van der Waals surface area contributed by atoms with E-state index in [1.807, 2.05) is 13.8 Å². The number of aromatic carboxylic acids is 1. The molecule has 0 saturated carbocycles. The first-order valence-corrected chi connectivity index (χ1v) is 14.9. The molecular formula is C26H25N3O10S2. The first-order chi connectivity index (χ1) is 19.0. The number of nitrogens with two attached hydrogens (primary N) is 1. The van der Waals surface area contributed by atoms with Gasteiger partial charge in [-0.2, -0.15) is 16.8 Å². The molecular weight excluding hydrogens is 578 g/mol. The Kier molecular flexibility index (Phi) is 7.66. The number of nitrogen functional groups attached to an aromatic ring is 1. The summed E-state index contributed by atoms with van der Waals surface area (Å²) >= 11 is 0. The molecule has 1 aliphatic heterocycles. The van der Waals surface area contributed by atoms with Crippen molar-refractivity contribution in [1.29, 1.82) is 5.41 Å². The number of carbonyl (C=O) groups is 2. The van der Waals surface area contributed by atoms with Crippen LogP contribution < -0.4 is 16.4 Å². The zero-order chi connectivity index (χ0) is 30.4. The van der Waals surface area contributed by atoms with Crippen LogP contribution in [0.1, 0.15) is 41.0 Å². The van der Waals surface area contributed by atoms with Crippen molar-refractivity contribution in [2.75, 3.05) is 12.3 Å². The molecule has 2 aromatic carbocycles. The number of fused-ring (bicyclic) bond motifs is 2. The van der Waals surface area contributed by atoms with Crippen molar-refractivity contribution in [2.24, 2.45) is 5.92 Å². The number of carbonyl (C=O) groups excluding carboxylic acids is 1. The van der Waals surface area contributed by atoms with Crippen LogP contribution in [0.3, 0.4) is 0 Å². The summed E-state index contributed by atoms with van der Waals surface area (Å²) < 4.78 is 74.6. The maximum atomic E-state index is 12.7.